The number of nitrogens with two attached hydrogens (primary N) is 1. The molecule has 3 nitrogen and oxygen atoms in total. The lowest BCUT2D eigenvalue weighted by Gasteiger charge is -2.23. The Kier molecular flexibility index (Phi) is 4.73. The molecule has 2 rings (SSSR count). The van der Waals surface area contributed by atoms with Crippen LogP contribution < -0.4 is 5.73 Å². The maximum atomic E-state index is 13.3. The first-order chi connectivity index (χ1) is 9.38. The standard InChI is InChI=1S/C15H22FN3S/c1-10-7-19(9-14(10)18(2)3)8-11-4-5-12(16)6-13(11)15(17)20/h4-6,10,14H,7-9H2,1-3H3,(H2,17,20). The molecule has 2 atom stereocenters. The minimum Gasteiger partial charge on any atom is -0.389 e. The van der Waals surface area contributed by atoms with E-state index < -0.39 is 0 Å². The third kappa shape index (κ3) is 3.34. The molecule has 1 aliphatic heterocycles. The first kappa shape index (κ1) is 15.4. The summed E-state index contributed by atoms with van der Waals surface area (Å²) in [6, 6.07) is 5.25. The molecule has 1 aliphatic rings. The zero-order valence-electron chi connectivity index (χ0n) is 12.3. The van der Waals surface area contributed by atoms with Crippen molar-refractivity contribution < 1.29 is 4.39 Å². The van der Waals surface area contributed by atoms with Crippen LogP contribution in [0, 0.1) is 11.7 Å². The van der Waals surface area contributed by atoms with Gasteiger partial charge in [0.1, 0.15) is 10.8 Å². The number of hydrogen-bond donors (Lipinski definition) is 1. The number of hydrogen-bond acceptors (Lipinski definition) is 3. The molecular formula is C15H22FN3S. The van der Waals surface area contributed by atoms with Crippen molar-refractivity contribution in [2.24, 2.45) is 11.7 Å². The summed E-state index contributed by atoms with van der Waals surface area (Å²) in [7, 11) is 4.23. The summed E-state index contributed by atoms with van der Waals surface area (Å²) in [6.07, 6.45) is 0. The van der Waals surface area contributed by atoms with Crippen molar-refractivity contribution in [1.29, 1.82) is 0 Å². The number of halogens is 1. The van der Waals surface area contributed by atoms with E-state index in [2.05, 4.69) is 30.8 Å². The van der Waals surface area contributed by atoms with Crippen LogP contribution in [0.4, 0.5) is 4.39 Å². The molecule has 1 aromatic rings. The van der Waals surface area contributed by atoms with Crippen LogP contribution in [0.3, 0.4) is 0 Å². The Morgan fingerprint density at radius 3 is 2.70 bits per heavy atom. The second-order valence-electron chi connectivity index (χ2n) is 5.87. The number of likely N-dealkylation sites (tertiary alicyclic amines) is 1. The molecule has 1 fully saturated rings. The Labute approximate surface area is 125 Å². The fourth-order valence-electron chi connectivity index (χ4n) is 3.01. The predicted octanol–water partition coefficient (Wildman–Crippen LogP) is 1.84. The Morgan fingerprint density at radius 1 is 1.45 bits per heavy atom. The molecular weight excluding hydrogens is 273 g/mol. The average Bonchev–Trinajstić information content (AvgIpc) is 2.72. The van der Waals surface area contributed by atoms with Gasteiger partial charge in [-0.25, -0.2) is 4.39 Å². The Morgan fingerprint density at radius 2 is 2.15 bits per heavy atom. The van der Waals surface area contributed by atoms with Crippen LogP contribution in [0.2, 0.25) is 0 Å². The summed E-state index contributed by atoms with van der Waals surface area (Å²) in [5.41, 5.74) is 7.36. The molecule has 0 bridgehead atoms. The Balaban J connectivity index is 2.14. The highest BCUT2D eigenvalue weighted by atomic mass is 32.1. The summed E-state index contributed by atoms with van der Waals surface area (Å²) in [5, 5.41) is 0. The molecule has 0 aromatic heterocycles. The van der Waals surface area contributed by atoms with Crippen molar-refractivity contribution >= 4 is 17.2 Å². The molecule has 1 aromatic carbocycles. The van der Waals surface area contributed by atoms with Gasteiger partial charge in [0.25, 0.3) is 0 Å². The average molecular weight is 295 g/mol. The molecule has 0 saturated carbocycles. The maximum Gasteiger partial charge on any atom is 0.123 e. The summed E-state index contributed by atoms with van der Waals surface area (Å²) < 4.78 is 13.3. The van der Waals surface area contributed by atoms with Crippen LogP contribution in [0.25, 0.3) is 0 Å². The molecule has 0 aliphatic carbocycles. The van der Waals surface area contributed by atoms with E-state index in [1.54, 1.807) is 6.07 Å². The van der Waals surface area contributed by atoms with E-state index in [9.17, 15) is 4.39 Å². The first-order valence-electron chi connectivity index (χ1n) is 6.85. The fraction of sp³-hybridized carbons (Fsp3) is 0.533. The van der Waals surface area contributed by atoms with Gasteiger partial charge in [0, 0.05) is 31.2 Å². The van der Waals surface area contributed by atoms with Gasteiger partial charge in [-0.3, -0.25) is 4.90 Å². The summed E-state index contributed by atoms with van der Waals surface area (Å²) in [4.78, 5) is 4.91. The van der Waals surface area contributed by atoms with Crippen LogP contribution >= 0.6 is 12.2 Å². The molecule has 2 N–H and O–H groups in total. The fourth-order valence-corrected chi connectivity index (χ4v) is 3.20. The van der Waals surface area contributed by atoms with E-state index in [0.717, 1.165) is 25.2 Å². The van der Waals surface area contributed by atoms with Crippen LogP contribution in [-0.2, 0) is 6.54 Å². The number of benzene rings is 1. The maximum absolute atomic E-state index is 13.3. The van der Waals surface area contributed by atoms with Crippen LogP contribution in [0.5, 0.6) is 0 Å². The number of likely N-dealkylation sites (N-methyl/N-ethyl adjacent to an activating group) is 1. The highest BCUT2D eigenvalue weighted by Crippen LogP contribution is 2.23. The lowest BCUT2D eigenvalue weighted by atomic mass is 10.1. The lowest BCUT2D eigenvalue weighted by molar-refractivity contribution is 0.250. The number of rotatable bonds is 4. The molecule has 0 radical (unpaired) electrons. The van der Waals surface area contributed by atoms with Crippen LogP contribution in [-0.4, -0.2) is 48.0 Å². The van der Waals surface area contributed by atoms with Gasteiger partial charge in [-0.05, 0) is 37.7 Å². The minimum absolute atomic E-state index is 0.260. The quantitative estimate of drug-likeness (QED) is 0.859. The number of nitrogens with zero attached hydrogens (tertiary/aromatic N) is 2. The monoisotopic (exact) mass is 295 g/mol. The largest absolute Gasteiger partial charge is 0.389 e. The predicted molar refractivity (Wildman–Crippen MR) is 84.2 cm³/mol. The van der Waals surface area contributed by atoms with Crippen molar-refractivity contribution in [2.75, 3.05) is 27.2 Å². The summed E-state index contributed by atoms with van der Waals surface area (Å²) in [5.74, 6) is 0.330. The van der Waals surface area contributed by atoms with Gasteiger partial charge < -0.3 is 10.6 Å². The van der Waals surface area contributed by atoms with Crippen LogP contribution in [0.1, 0.15) is 18.1 Å². The van der Waals surface area contributed by atoms with Gasteiger partial charge in [0.15, 0.2) is 0 Å². The smallest absolute Gasteiger partial charge is 0.123 e. The second-order valence-corrected chi connectivity index (χ2v) is 6.31. The molecule has 1 heterocycles. The third-order valence-electron chi connectivity index (χ3n) is 4.04. The molecule has 1 saturated heterocycles. The molecule has 0 spiro atoms. The van der Waals surface area contributed by atoms with E-state index in [4.69, 9.17) is 18.0 Å². The van der Waals surface area contributed by atoms with Crippen molar-refractivity contribution in [3.63, 3.8) is 0 Å². The Bertz CT molecular complexity index is 504. The van der Waals surface area contributed by atoms with Crippen LogP contribution in [0.15, 0.2) is 18.2 Å². The molecule has 2 unspecified atom stereocenters. The van der Waals surface area contributed by atoms with E-state index in [1.165, 1.54) is 12.1 Å². The van der Waals surface area contributed by atoms with Gasteiger partial charge in [-0.2, -0.15) is 0 Å². The van der Waals surface area contributed by atoms with Crippen molar-refractivity contribution in [1.82, 2.24) is 9.80 Å². The minimum atomic E-state index is -0.294. The lowest BCUT2D eigenvalue weighted by Crippen LogP contribution is -2.34. The highest BCUT2D eigenvalue weighted by Gasteiger charge is 2.31. The van der Waals surface area contributed by atoms with Gasteiger partial charge in [0.2, 0.25) is 0 Å². The van der Waals surface area contributed by atoms with E-state index in [-0.39, 0.29) is 10.8 Å². The van der Waals surface area contributed by atoms with E-state index >= 15 is 0 Å². The zero-order chi connectivity index (χ0) is 14.9. The van der Waals surface area contributed by atoms with Crippen molar-refractivity contribution in [2.45, 2.75) is 19.5 Å². The first-order valence-corrected chi connectivity index (χ1v) is 7.26. The van der Waals surface area contributed by atoms with E-state index in [0.29, 0.717) is 17.5 Å². The van der Waals surface area contributed by atoms with Gasteiger partial charge >= 0.3 is 0 Å². The number of thiocarbonyl (C=S) groups is 1. The van der Waals surface area contributed by atoms with Gasteiger partial charge in [-0.1, -0.05) is 25.2 Å². The summed E-state index contributed by atoms with van der Waals surface area (Å²) in [6.45, 7) is 5.09. The zero-order valence-corrected chi connectivity index (χ0v) is 13.1. The SMILES string of the molecule is CC1CN(Cc2ccc(F)cc2C(N)=S)CC1N(C)C. The molecule has 5 heteroatoms. The van der Waals surface area contributed by atoms with Gasteiger partial charge in [-0.15, -0.1) is 0 Å². The normalized spacial score (nSPS) is 23.4. The molecule has 110 valence electrons. The molecule has 20 heavy (non-hydrogen) atoms. The second kappa shape index (κ2) is 6.16. The summed E-state index contributed by atoms with van der Waals surface area (Å²) >= 11 is 5.02. The Hall–Kier alpha value is -1.04. The molecule has 0 amide bonds. The van der Waals surface area contributed by atoms with Gasteiger partial charge in [0.05, 0.1) is 0 Å². The third-order valence-corrected chi connectivity index (χ3v) is 4.26. The van der Waals surface area contributed by atoms with Crippen molar-refractivity contribution in [3.05, 3.63) is 35.1 Å². The topological polar surface area (TPSA) is 32.5 Å². The highest BCUT2D eigenvalue weighted by molar-refractivity contribution is 7.80. The van der Waals surface area contributed by atoms with E-state index in [1.807, 2.05) is 0 Å². The van der Waals surface area contributed by atoms with Crippen molar-refractivity contribution in [3.8, 4) is 0 Å².